The Morgan fingerprint density at radius 2 is 2.19 bits per heavy atom. The fraction of sp³-hybridized carbons (Fsp3) is 0.200. The van der Waals surface area contributed by atoms with Gasteiger partial charge < -0.3 is 5.32 Å². The maximum absolute atomic E-state index is 11.6. The SMILES string of the molecule is O=C(NC1=NCCS1)Nc1ccccc1S. The minimum atomic E-state index is -0.283. The summed E-state index contributed by atoms with van der Waals surface area (Å²) in [5, 5.41) is 6.08. The molecule has 84 valence electrons. The van der Waals surface area contributed by atoms with Gasteiger partial charge in [-0.3, -0.25) is 10.3 Å². The van der Waals surface area contributed by atoms with E-state index in [0.29, 0.717) is 10.9 Å². The third-order valence-electron chi connectivity index (χ3n) is 1.96. The molecule has 1 aromatic carbocycles. The molecule has 0 aliphatic carbocycles. The lowest BCUT2D eigenvalue weighted by Gasteiger charge is -2.08. The van der Waals surface area contributed by atoms with Gasteiger partial charge in [-0.15, -0.1) is 12.6 Å². The summed E-state index contributed by atoms with van der Waals surface area (Å²) < 4.78 is 0. The Hall–Kier alpha value is -1.14. The molecule has 0 spiro atoms. The first-order valence-electron chi connectivity index (χ1n) is 4.79. The molecule has 0 saturated carbocycles. The molecule has 16 heavy (non-hydrogen) atoms. The van der Waals surface area contributed by atoms with Crippen LogP contribution >= 0.6 is 24.4 Å². The van der Waals surface area contributed by atoms with E-state index in [9.17, 15) is 4.79 Å². The minimum Gasteiger partial charge on any atom is -0.307 e. The van der Waals surface area contributed by atoms with E-state index in [0.717, 1.165) is 17.2 Å². The number of carbonyl (C=O) groups is 1. The van der Waals surface area contributed by atoms with E-state index in [4.69, 9.17) is 0 Å². The largest absolute Gasteiger partial charge is 0.325 e. The molecule has 2 amide bonds. The minimum absolute atomic E-state index is 0.283. The number of para-hydroxylation sites is 1. The molecule has 6 heteroatoms. The number of thiol groups is 1. The Morgan fingerprint density at radius 3 is 2.88 bits per heavy atom. The number of hydrogen-bond donors (Lipinski definition) is 3. The zero-order chi connectivity index (χ0) is 11.4. The van der Waals surface area contributed by atoms with Crippen molar-refractivity contribution in [2.45, 2.75) is 4.90 Å². The van der Waals surface area contributed by atoms with Crippen LogP contribution in [0.5, 0.6) is 0 Å². The average Bonchev–Trinajstić information content (AvgIpc) is 2.74. The average molecular weight is 253 g/mol. The number of urea groups is 1. The second kappa shape index (κ2) is 5.27. The number of anilines is 1. The van der Waals surface area contributed by atoms with Crippen molar-refractivity contribution in [2.24, 2.45) is 4.99 Å². The summed E-state index contributed by atoms with van der Waals surface area (Å²) in [6.07, 6.45) is 0. The molecule has 2 rings (SSSR count). The molecule has 0 aromatic heterocycles. The Kier molecular flexibility index (Phi) is 3.74. The van der Waals surface area contributed by atoms with Crippen LogP contribution in [0.15, 0.2) is 34.2 Å². The third-order valence-corrected chi connectivity index (χ3v) is 3.24. The molecule has 4 nitrogen and oxygen atoms in total. The first kappa shape index (κ1) is 11.3. The normalized spacial score (nSPS) is 14.4. The number of carbonyl (C=O) groups excluding carboxylic acids is 1. The predicted octanol–water partition coefficient (Wildman–Crippen LogP) is 2.20. The van der Waals surface area contributed by atoms with Crippen LogP contribution in [0.1, 0.15) is 0 Å². The van der Waals surface area contributed by atoms with Crippen molar-refractivity contribution in [3.05, 3.63) is 24.3 Å². The van der Waals surface area contributed by atoms with Crippen molar-refractivity contribution in [1.82, 2.24) is 5.32 Å². The molecule has 0 fully saturated rings. The molecule has 0 radical (unpaired) electrons. The zero-order valence-electron chi connectivity index (χ0n) is 8.43. The quantitative estimate of drug-likeness (QED) is 0.672. The monoisotopic (exact) mass is 253 g/mol. The number of rotatable bonds is 1. The first-order valence-corrected chi connectivity index (χ1v) is 6.22. The second-order valence-corrected chi connectivity index (χ2v) is 4.70. The Morgan fingerprint density at radius 1 is 1.38 bits per heavy atom. The van der Waals surface area contributed by atoms with Crippen molar-refractivity contribution in [2.75, 3.05) is 17.6 Å². The number of hydrogen-bond acceptors (Lipinski definition) is 4. The van der Waals surface area contributed by atoms with Crippen molar-refractivity contribution in [3.8, 4) is 0 Å². The lowest BCUT2D eigenvalue weighted by Crippen LogP contribution is -2.32. The standard InChI is InChI=1S/C10H11N3OS2/c14-9(13-10-11-5-6-16-10)12-7-3-1-2-4-8(7)15/h1-4,15H,5-6H2,(H2,11,12,13,14). The lowest BCUT2D eigenvalue weighted by atomic mass is 10.3. The highest BCUT2D eigenvalue weighted by molar-refractivity contribution is 8.14. The maximum Gasteiger partial charge on any atom is 0.325 e. The van der Waals surface area contributed by atoms with Crippen molar-refractivity contribution >= 4 is 41.3 Å². The van der Waals surface area contributed by atoms with Crippen LogP contribution in [0.3, 0.4) is 0 Å². The van der Waals surface area contributed by atoms with Gasteiger partial charge in [-0.2, -0.15) is 0 Å². The summed E-state index contributed by atoms with van der Waals surface area (Å²) in [7, 11) is 0. The van der Waals surface area contributed by atoms with E-state index in [-0.39, 0.29) is 6.03 Å². The number of aliphatic imine (C=N–C) groups is 1. The number of nitrogens with zero attached hydrogens (tertiary/aromatic N) is 1. The van der Waals surface area contributed by atoms with E-state index in [2.05, 4.69) is 28.3 Å². The number of nitrogens with one attached hydrogen (secondary N) is 2. The van der Waals surface area contributed by atoms with E-state index in [1.807, 2.05) is 18.2 Å². The first-order chi connectivity index (χ1) is 7.75. The summed E-state index contributed by atoms with van der Waals surface area (Å²) in [6, 6.07) is 7.04. The highest BCUT2D eigenvalue weighted by atomic mass is 32.2. The smallest absolute Gasteiger partial charge is 0.307 e. The topological polar surface area (TPSA) is 53.5 Å². The van der Waals surface area contributed by atoms with Crippen LogP contribution in [0.2, 0.25) is 0 Å². The van der Waals surface area contributed by atoms with Crippen LogP contribution in [0, 0.1) is 0 Å². The Labute approximate surface area is 103 Å². The molecular weight excluding hydrogens is 242 g/mol. The highest BCUT2D eigenvalue weighted by Gasteiger charge is 2.11. The van der Waals surface area contributed by atoms with Crippen LogP contribution in [-0.4, -0.2) is 23.5 Å². The molecule has 0 unspecified atom stereocenters. The van der Waals surface area contributed by atoms with Gasteiger partial charge in [0.25, 0.3) is 0 Å². The van der Waals surface area contributed by atoms with Crippen LogP contribution in [0.4, 0.5) is 10.5 Å². The highest BCUT2D eigenvalue weighted by Crippen LogP contribution is 2.18. The molecule has 1 aliphatic heterocycles. The molecule has 1 heterocycles. The van der Waals surface area contributed by atoms with Gasteiger partial charge in [-0.1, -0.05) is 23.9 Å². The summed E-state index contributed by atoms with van der Waals surface area (Å²) in [5.41, 5.74) is 0.687. The number of amides is 2. The van der Waals surface area contributed by atoms with Gasteiger partial charge in [0.05, 0.1) is 12.2 Å². The maximum atomic E-state index is 11.6. The van der Waals surface area contributed by atoms with E-state index >= 15 is 0 Å². The van der Waals surface area contributed by atoms with Crippen LogP contribution < -0.4 is 10.6 Å². The van der Waals surface area contributed by atoms with E-state index < -0.39 is 0 Å². The molecule has 1 aromatic rings. The number of benzene rings is 1. The zero-order valence-corrected chi connectivity index (χ0v) is 10.1. The molecule has 2 N–H and O–H groups in total. The van der Waals surface area contributed by atoms with E-state index in [1.54, 1.807) is 17.8 Å². The third kappa shape index (κ3) is 2.93. The van der Waals surface area contributed by atoms with Gasteiger partial charge in [0.2, 0.25) is 0 Å². The van der Waals surface area contributed by atoms with Gasteiger partial charge in [-0.05, 0) is 12.1 Å². The van der Waals surface area contributed by atoms with E-state index in [1.165, 1.54) is 0 Å². The second-order valence-electron chi connectivity index (χ2n) is 3.13. The number of thioether (sulfide) groups is 1. The molecule has 0 bridgehead atoms. The van der Waals surface area contributed by atoms with Gasteiger partial charge in [-0.25, -0.2) is 4.79 Å². The van der Waals surface area contributed by atoms with Gasteiger partial charge in [0.15, 0.2) is 5.17 Å². The van der Waals surface area contributed by atoms with Crippen LogP contribution in [-0.2, 0) is 0 Å². The van der Waals surface area contributed by atoms with Gasteiger partial charge in [0.1, 0.15) is 0 Å². The van der Waals surface area contributed by atoms with Gasteiger partial charge in [0, 0.05) is 10.6 Å². The Bertz CT molecular complexity index is 434. The van der Waals surface area contributed by atoms with Crippen molar-refractivity contribution in [3.63, 3.8) is 0 Å². The number of amidine groups is 1. The van der Waals surface area contributed by atoms with Crippen LogP contribution in [0.25, 0.3) is 0 Å². The summed E-state index contributed by atoms with van der Waals surface area (Å²) >= 11 is 5.79. The van der Waals surface area contributed by atoms with Gasteiger partial charge >= 0.3 is 6.03 Å². The summed E-state index contributed by atoms with van der Waals surface area (Å²) in [5.74, 6) is 0.929. The predicted molar refractivity (Wildman–Crippen MR) is 70.6 cm³/mol. The Balaban J connectivity index is 1.94. The molecular formula is C10H11N3OS2. The van der Waals surface area contributed by atoms with Crippen molar-refractivity contribution in [1.29, 1.82) is 0 Å². The lowest BCUT2D eigenvalue weighted by molar-refractivity contribution is 0.256. The fourth-order valence-electron chi connectivity index (χ4n) is 1.24. The molecule has 0 saturated heterocycles. The molecule has 0 atom stereocenters. The summed E-state index contributed by atoms with van der Waals surface area (Å²) in [4.78, 5) is 16.4. The fourth-order valence-corrected chi connectivity index (χ4v) is 2.18. The summed E-state index contributed by atoms with van der Waals surface area (Å²) in [6.45, 7) is 0.767. The molecule has 1 aliphatic rings. The van der Waals surface area contributed by atoms with Crippen molar-refractivity contribution < 1.29 is 4.79 Å².